The van der Waals surface area contributed by atoms with Gasteiger partial charge in [-0.1, -0.05) is 0 Å². The number of hydrogen-bond donors (Lipinski definition) is 2. The van der Waals surface area contributed by atoms with Gasteiger partial charge < -0.3 is 15.9 Å². The number of likely N-dealkylation sites (tertiary alicyclic amines) is 1. The van der Waals surface area contributed by atoms with Crippen LogP contribution in [0.5, 0.6) is 0 Å². The van der Waals surface area contributed by atoms with Crippen molar-refractivity contribution in [3.8, 4) is 0 Å². The van der Waals surface area contributed by atoms with Gasteiger partial charge in [-0.2, -0.15) is 0 Å². The minimum atomic E-state index is -0.200. The average molecular weight is 279 g/mol. The number of rotatable bonds is 5. The number of nitrogens with zero attached hydrogens (tertiary/aromatic N) is 1. The highest BCUT2D eigenvalue weighted by atomic mass is 16.3. The minimum Gasteiger partial charge on any atom is -0.465 e. The highest BCUT2D eigenvalue weighted by Gasteiger charge is 2.30. The van der Waals surface area contributed by atoms with E-state index in [2.05, 4.69) is 4.90 Å². The number of carbonyl (C=O) groups excluding carboxylic acids is 1. The van der Waals surface area contributed by atoms with Crippen LogP contribution in [0.4, 0.5) is 0 Å². The van der Waals surface area contributed by atoms with Crippen LogP contribution in [0, 0.1) is 12.8 Å². The Hall–Kier alpha value is -1.33. The van der Waals surface area contributed by atoms with Gasteiger partial charge in [0.15, 0.2) is 0 Å². The summed E-state index contributed by atoms with van der Waals surface area (Å²) in [6, 6.07) is 4.11. The van der Waals surface area contributed by atoms with Crippen molar-refractivity contribution >= 4 is 5.91 Å². The van der Waals surface area contributed by atoms with E-state index < -0.39 is 0 Å². The van der Waals surface area contributed by atoms with E-state index in [4.69, 9.17) is 15.9 Å². The first-order chi connectivity index (χ1) is 9.47. The van der Waals surface area contributed by atoms with E-state index in [0.717, 1.165) is 37.5 Å². The molecule has 0 saturated carbocycles. The number of furan rings is 1. The number of aryl methyl sites for hydroxylation is 1. The summed E-state index contributed by atoms with van der Waals surface area (Å²) in [6.45, 7) is 5.83. The Bertz CT molecular complexity index is 448. The van der Waals surface area contributed by atoms with Crippen LogP contribution in [0.25, 0.3) is 0 Å². The van der Waals surface area contributed by atoms with Crippen LogP contribution in [-0.2, 0) is 4.79 Å². The molecule has 1 fully saturated rings. The van der Waals surface area contributed by atoms with Crippen LogP contribution in [0.3, 0.4) is 0 Å². The van der Waals surface area contributed by atoms with Gasteiger partial charge in [0.2, 0.25) is 5.91 Å². The Balaban J connectivity index is 2.00. The van der Waals surface area contributed by atoms with Gasteiger partial charge in [0.05, 0.1) is 6.04 Å². The molecule has 1 aliphatic heterocycles. The summed E-state index contributed by atoms with van der Waals surface area (Å²) in [6.07, 6.45) is 2.48. The maximum atomic E-state index is 11.0. The van der Waals surface area contributed by atoms with Gasteiger partial charge in [-0.05, 0) is 57.8 Å². The number of amides is 1. The Morgan fingerprint density at radius 2 is 2.10 bits per heavy atom. The predicted molar refractivity (Wildman–Crippen MR) is 77.9 cm³/mol. The number of piperidine rings is 1. The standard InChI is InChI=1S/C15H25N3O2/c1-10-3-4-13(20-10)15(11(2)16)18-7-5-12(6-8-18)9-14(17)19/h3-4,11-12,15H,5-9,16H2,1-2H3,(H2,17,19). The topological polar surface area (TPSA) is 85.5 Å². The summed E-state index contributed by atoms with van der Waals surface area (Å²) in [5, 5.41) is 0. The van der Waals surface area contributed by atoms with Gasteiger partial charge in [0.1, 0.15) is 11.5 Å². The lowest BCUT2D eigenvalue weighted by atomic mass is 9.91. The van der Waals surface area contributed by atoms with Gasteiger partial charge in [0.25, 0.3) is 0 Å². The molecule has 1 saturated heterocycles. The lowest BCUT2D eigenvalue weighted by Crippen LogP contribution is -2.44. The molecule has 5 nitrogen and oxygen atoms in total. The second kappa shape index (κ2) is 6.41. The molecule has 0 radical (unpaired) electrons. The summed E-state index contributed by atoms with van der Waals surface area (Å²) >= 11 is 0. The van der Waals surface area contributed by atoms with E-state index in [1.54, 1.807) is 0 Å². The van der Waals surface area contributed by atoms with Crippen molar-refractivity contribution in [2.24, 2.45) is 17.4 Å². The zero-order valence-electron chi connectivity index (χ0n) is 12.3. The molecule has 20 heavy (non-hydrogen) atoms. The van der Waals surface area contributed by atoms with E-state index >= 15 is 0 Å². The van der Waals surface area contributed by atoms with Gasteiger partial charge in [-0.3, -0.25) is 9.69 Å². The van der Waals surface area contributed by atoms with Crippen molar-refractivity contribution in [2.45, 2.75) is 45.2 Å². The van der Waals surface area contributed by atoms with Crippen LogP contribution in [0.1, 0.15) is 43.7 Å². The number of nitrogens with two attached hydrogens (primary N) is 2. The van der Waals surface area contributed by atoms with Crippen LogP contribution in [-0.4, -0.2) is 29.9 Å². The second-order valence-corrected chi connectivity index (χ2v) is 5.90. The van der Waals surface area contributed by atoms with Gasteiger partial charge in [0, 0.05) is 12.5 Å². The smallest absolute Gasteiger partial charge is 0.217 e. The zero-order chi connectivity index (χ0) is 14.7. The Morgan fingerprint density at radius 1 is 1.45 bits per heavy atom. The molecule has 5 heteroatoms. The summed E-state index contributed by atoms with van der Waals surface area (Å²) in [5.74, 6) is 2.06. The molecule has 0 spiro atoms. The summed E-state index contributed by atoms with van der Waals surface area (Å²) in [7, 11) is 0. The fourth-order valence-electron chi connectivity index (χ4n) is 3.10. The second-order valence-electron chi connectivity index (χ2n) is 5.90. The molecule has 1 aromatic heterocycles. The van der Waals surface area contributed by atoms with E-state index in [9.17, 15) is 4.79 Å². The molecule has 1 aromatic rings. The predicted octanol–water partition coefficient (Wildman–Crippen LogP) is 1.56. The molecule has 0 bridgehead atoms. The van der Waals surface area contributed by atoms with Crippen LogP contribution in [0.2, 0.25) is 0 Å². The number of carbonyl (C=O) groups is 1. The molecule has 2 heterocycles. The third-order valence-electron chi connectivity index (χ3n) is 4.08. The van der Waals surface area contributed by atoms with Crippen molar-refractivity contribution in [1.29, 1.82) is 0 Å². The van der Waals surface area contributed by atoms with Gasteiger partial charge in [-0.25, -0.2) is 0 Å². The monoisotopic (exact) mass is 279 g/mol. The van der Waals surface area contributed by atoms with Gasteiger partial charge >= 0.3 is 0 Å². The number of hydrogen-bond acceptors (Lipinski definition) is 4. The SMILES string of the molecule is Cc1ccc(C(C(C)N)N2CCC(CC(N)=O)CC2)o1. The molecule has 0 aromatic carbocycles. The molecular weight excluding hydrogens is 254 g/mol. The molecule has 2 unspecified atom stereocenters. The van der Waals surface area contributed by atoms with Crippen molar-refractivity contribution in [1.82, 2.24) is 4.90 Å². The quantitative estimate of drug-likeness (QED) is 0.856. The first-order valence-electron chi connectivity index (χ1n) is 7.31. The van der Waals surface area contributed by atoms with Crippen molar-refractivity contribution in [2.75, 3.05) is 13.1 Å². The third kappa shape index (κ3) is 3.61. The Kier molecular flexibility index (Phi) is 4.83. The number of primary amides is 1. The largest absolute Gasteiger partial charge is 0.465 e. The van der Waals surface area contributed by atoms with E-state index in [1.807, 2.05) is 26.0 Å². The lowest BCUT2D eigenvalue weighted by Gasteiger charge is -2.38. The highest BCUT2D eigenvalue weighted by Crippen LogP contribution is 2.30. The van der Waals surface area contributed by atoms with Crippen molar-refractivity contribution in [3.63, 3.8) is 0 Å². The van der Waals surface area contributed by atoms with Crippen molar-refractivity contribution < 1.29 is 9.21 Å². The van der Waals surface area contributed by atoms with E-state index in [-0.39, 0.29) is 18.0 Å². The summed E-state index contributed by atoms with van der Waals surface area (Å²) in [4.78, 5) is 13.4. The lowest BCUT2D eigenvalue weighted by molar-refractivity contribution is -0.119. The summed E-state index contributed by atoms with van der Waals surface area (Å²) < 4.78 is 5.76. The first kappa shape index (κ1) is 15.1. The normalized spacial score (nSPS) is 20.8. The zero-order valence-corrected chi connectivity index (χ0v) is 12.3. The maximum Gasteiger partial charge on any atom is 0.217 e. The molecule has 1 aliphatic rings. The molecular formula is C15H25N3O2. The molecule has 4 N–H and O–H groups in total. The highest BCUT2D eigenvalue weighted by molar-refractivity contribution is 5.73. The van der Waals surface area contributed by atoms with E-state index in [0.29, 0.717) is 12.3 Å². The van der Waals surface area contributed by atoms with Crippen molar-refractivity contribution in [3.05, 3.63) is 23.7 Å². The van der Waals surface area contributed by atoms with Crippen LogP contribution >= 0.6 is 0 Å². The fourth-order valence-corrected chi connectivity index (χ4v) is 3.10. The van der Waals surface area contributed by atoms with Crippen LogP contribution < -0.4 is 11.5 Å². The summed E-state index contributed by atoms with van der Waals surface area (Å²) in [5.41, 5.74) is 11.4. The van der Waals surface area contributed by atoms with E-state index in [1.165, 1.54) is 0 Å². The maximum absolute atomic E-state index is 11.0. The molecule has 112 valence electrons. The Labute approximate surface area is 120 Å². The van der Waals surface area contributed by atoms with Crippen LogP contribution in [0.15, 0.2) is 16.5 Å². The molecule has 0 aliphatic carbocycles. The minimum absolute atomic E-state index is 0.00763. The molecule has 1 amide bonds. The molecule has 2 atom stereocenters. The first-order valence-corrected chi connectivity index (χ1v) is 7.31. The molecule has 2 rings (SSSR count). The fraction of sp³-hybridized carbons (Fsp3) is 0.667. The van der Waals surface area contributed by atoms with Gasteiger partial charge in [-0.15, -0.1) is 0 Å². The Morgan fingerprint density at radius 3 is 2.55 bits per heavy atom. The third-order valence-corrected chi connectivity index (χ3v) is 4.08. The average Bonchev–Trinajstić information content (AvgIpc) is 2.77.